The van der Waals surface area contributed by atoms with Gasteiger partial charge in [-0.2, -0.15) is 9.47 Å². The van der Waals surface area contributed by atoms with Crippen molar-refractivity contribution in [1.82, 2.24) is 19.1 Å². The number of nitrogens with one attached hydrogen (secondary N) is 1. The van der Waals surface area contributed by atoms with Gasteiger partial charge in [-0.25, -0.2) is 13.6 Å². The number of hydrogen-bond acceptors (Lipinski definition) is 9. The summed E-state index contributed by atoms with van der Waals surface area (Å²) in [6.45, 7) is 3.00. The van der Waals surface area contributed by atoms with Crippen molar-refractivity contribution < 1.29 is 18.1 Å². The molecule has 1 aliphatic rings. The molecule has 1 unspecified atom stereocenters. The Labute approximate surface area is 213 Å². The Kier molecular flexibility index (Phi) is 6.85. The maximum absolute atomic E-state index is 15.0. The molecule has 0 spiro atoms. The third kappa shape index (κ3) is 4.90. The summed E-state index contributed by atoms with van der Waals surface area (Å²) < 4.78 is 47.4. The lowest BCUT2D eigenvalue weighted by Crippen LogP contribution is -2.35. The first-order valence-corrected chi connectivity index (χ1v) is 13.0. The highest BCUT2D eigenvalue weighted by molar-refractivity contribution is 7.86. The summed E-state index contributed by atoms with van der Waals surface area (Å²) in [5.41, 5.74) is 8.87. The number of ether oxygens (including phenoxy) is 2. The van der Waals surface area contributed by atoms with E-state index in [2.05, 4.69) is 24.1 Å². The van der Waals surface area contributed by atoms with E-state index in [0.29, 0.717) is 29.2 Å². The summed E-state index contributed by atoms with van der Waals surface area (Å²) in [5, 5.41) is 5.07. The minimum Gasteiger partial charge on any atom is -0.492 e. The summed E-state index contributed by atoms with van der Waals surface area (Å²) in [6, 6.07) is 6.77. The molecule has 1 aromatic carbocycles. The molecule has 36 heavy (non-hydrogen) atoms. The fraction of sp³-hybridized carbons (Fsp3) is 0.261. The number of nitrogens with zero attached hydrogens (tertiary/aromatic N) is 5. The van der Waals surface area contributed by atoms with Gasteiger partial charge in [0.05, 0.1) is 42.8 Å². The third-order valence-corrected chi connectivity index (χ3v) is 7.59. The van der Waals surface area contributed by atoms with Crippen LogP contribution in [-0.2, 0) is 22.8 Å². The predicted molar refractivity (Wildman–Crippen MR) is 138 cm³/mol. The number of aryl methyl sites for hydroxylation is 1. The highest BCUT2D eigenvalue weighted by Crippen LogP contribution is 2.38. The van der Waals surface area contributed by atoms with Gasteiger partial charge in [0.15, 0.2) is 22.6 Å². The van der Waals surface area contributed by atoms with Gasteiger partial charge in [0.2, 0.25) is 0 Å². The van der Waals surface area contributed by atoms with Crippen molar-refractivity contribution in [3.8, 4) is 28.1 Å². The number of halogens is 1. The van der Waals surface area contributed by atoms with Gasteiger partial charge in [-0.1, -0.05) is 0 Å². The van der Waals surface area contributed by atoms with Crippen molar-refractivity contribution >= 4 is 39.0 Å². The number of morpholine rings is 1. The standard InChI is InChI=1S/C23H24FN7O3S2/c1-30-13-16(12-27-30)36(32)29-20-9-14(8-18(24)22(20)33-2)17-7-15(11-26-23(17)25)19-10-21(35-28-19)31-3-5-34-6-4-31/h7-13,29H,3-6H2,1-2H3,(H2,25,26). The average molecular weight is 530 g/mol. The second-order valence-corrected chi connectivity index (χ2v) is 10.1. The number of aromatic nitrogens is 4. The Morgan fingerprint density at radius 2 is 2.00 bits per heavy atom. The zero-order chi connectivity index (χ0) is 25.2. The van der Waals surface area contributed by atoms with E-state index >= 15 is 4.39 Å². The molecule has 3 aromatic heterocycles. The fourth-order valence-electron chi connectivity index (χ4n) is 3.87. The van der Waals surface area contributed by atoms with E-state index in [-0.39, 0.29) is 17.3 Å². The summed E-state index contributed by atoms with van der Waals surface area (Å²) in [6.07, 6.45) is 4.73. The van der Waals surface area contributed by atoms with Gasteiger partial charge in [0.25, 0.3) is 0 Å². The van der Waals surface area contributed by atoms with Crippen molar-refractivity contribution in [1.29, 1.82) is 0 Å². The van der Waals surface area contributed by atoms with Crippen LogP contribution in [0.25, 0.3) is 22.4 Å². The normalized spacial score (nSPS) is 14.6. The van der Waals surface area contributed by atoms with E-state index in [1.807, 2.05) is 12.1 Å². The predicted octanol–water partition coefficient (Wildman–Crippen LogP) is 3.31. The lowest BCUT2D eigenvalue weighted by atomic mass is 10.0. The molecule has 0 amide bonds. The van der Waals surface area contributed by atoms with Crippen LogP contribution in [0.1, 0.15) is 0 Å². The van der Waals surface area contributed by atoms with Gasteiger partial charge in [-0.05, 0) is 35.3 Å². The molecule has 10 nitrogen and oxygen atoms in total. The lowest BCUT2D eigenvalue weighted by Gasteiger charge is -2.26. The third-order valence-electron chi connectivity index (χ3n) is 5.69. The molecule has 0 bridgehead atoms. The number of anilines is 3. The van der Waals surface area contributed by atoms with Crippen molar-refractivity contribution in [3.05, 3.63) is 48.7 Å². The largest absolute Gasteiger partial charge is 0.492 e. The van der Waals surface area contributed by atoms with Gasteiger partial charge in [0.1, 0.15) is 10.8 Å². The van der Waals surface area contributed by atoms with Crippen molar-refractivity contribution in [2.24, 2.45) is 7.05 Å². The van der Waals surface area contributed by atoms with Crippen LogP contribution in [0.5, 0.6) is 5.75 Å². The van der Waals surface area contributed by atoms with Crippen molar-refractivity contribution in [2.75, 3.05) is 48.8 Å². The van der Waals surface area contributed by atoms with E-state index in [1.54, 1.807) is 25.5 Å². The van der Waals surface area contributed by atoms with E-state index in [1.165, 1.54) is 35.6 Å². The molecule has 1 fully saturated rings. The van der Waals surface area contributed by atoms with Crippen LogP contribution in [-0.4, -0.2) is 56.8 Å². The quantitative estimate of drug-likeness (QED) is 0.374. The fourth-order valence-corrected chi connectivity index (χ4v) is 5.54. The lowest BCUT2D eigenvalue weighted by molar-refractivity contribution is 0.123. The first kappa shape index (κ1) is 24.2. The molecule has 4 aromatic rings. The number of nitrogens with two attached hydrogens (primary N) is 1. The van der Waals surface area contributed by atoms with E-state index in [9.17, 15) is 4.21 Å². The summed E-state index contributed by atoms with van der Waals surface area (Å²) >= 11 is 1.41. The molecule has 5 rings (SSSR count). The molecular weight excluding hydrogens is 505 g/mol. The number of rotatable bonds is 7. The Morgan fingerprint density at radius 3 is 2.72 bits per heavy atom. The zero-order valence-corrected chi connectivity index (χ0v) is 21.2. The van der Waals surface area contributed by atoms with Crippen LogP contribution in [0, 0.1) is 5.82 Å². The molecule has 13 heteroatoms. The van der Waals surface area contributed by atoms with Gasteiger partial charge >= 0.3 is 0 Å². The highest BCUT2D eigenvalue weighted by Gasteiger charge is 2.19. The SMILES string of the molecule is COc1c(F)cc(-c2cc(-c3cc(N4CCOCC4)sn3)cnc2N)cc1NS(=O)c1cnn(C)c1. The summed E-state index contributed by atoms with van der Waals surface area (Å²) in [4.78, 5) is 7.00. The molecular formula is C23H24FN7O3S2. The Balaban J connectivity index is 1.48. The molecule has 0 saturated carbocycles. The van der Waals surface area contributed by atoms with Crippen molar-refractivity contribution in [3.63, 3.8) is 0 Å². The monoisotopic (exact) mass is 529 g/mol. The first-order chi connectivity index (χ1) is 17.4. The van der Waals surface area contributed by atoms with E-state index in [4.69, 9.17) is 15.2 Å². The molecule has 3 N–H and O–H groups in total. The maximum Gasteiger partial charge on any atom is 0.178 e. The van der Waals surface area contributed by atoms with Crippen LogP contribution in [0.3, 0.4) is 0 Å². The van der Waals surface area contributed by atoms with Gasteiger partial charge < -0.3 is 20.1 Å². The number of nitrogen functional groups attached to an aromatic ring is 1. The smallest absolute Gasteiger partial charge is 0.178 e. The summed E-state index contributed by atoms with van der Waals surface area (Å²) in [5.74, 6) is -0.464. The number of methoxy groups -OCH3 is 1. The Hall–Kier alpha value is -3.55. The molecule has 0 radical (unpaired) electrons. The first-order valence-electron chi connectivity index (χ1n) is 11.0. The molecule has 1 aliphatic heterocycles. The molecule has 4 heterocycles. The van der Waals surface area contributed by atoms with Crippen LogP contribution in [0.15, 0.2) is 47.8 Å². The second-order valence-electron chi connectivity index (χ2n) is 8.07. The van der Waals surface area contributed by atoms with Gasteiger partial charge in [-0.15, -0.1) is 0 Å². The minimum atomic E-state index is -1.69. The molecule has 188 valence electrons. The number of hydrogen-bond donors (Lipinski definition) is 2. The van der Waals surface area contributed by atoms with E-state index < -0.39 is 16.8 Å². The molecule has 1 atom stereocenters. The Morgan fingerprint density at radius 1 is 1.19 bits per heavy atom. The molecule has 1 saturated heterocycles. The van der Waals surface area contributed by atoms with Crippen molar-refractivity contribution in [2.45, 2.75) is 4.90 Å². The van der Waals surface area contributed by atoms with Crippen LogP contribution in [0.4, 0.5) is 20.9 Å². The minimum absolute atomic E-state index is 0.0617. The second kappa shape index (κ2) is 10.2. The van der Waals surface area contributed by atoms with Gasteiger partial charge in [-0.3, -0.25) is 9.40 Å². The number of pyridine rings is 1. The van der Waals surface area contributed by atoms with Crippen LogP contribution < -0.4 is 20.1 Å². The number of benzene rings is 1. The summed E-state index contributed by atoms with van der Waals surface area (Å²) in [7, 11) is 1.38. The topological polar surface area (TPSA) is 120 Å². The van der Waals surface area contributed by atoms with E-state index in [0.717, 1.165) is 29.3 Å². The average Bonchev–Trinajstić information content (AvgIpc) is 3.54. The van der Waals surface area contributed by atoms with Crippen LogP contribution in [0.2, 0.25) is 0 Å². The maximum atomic E-state index is 15.0. The highest BCUT2D eigenvalue weighted by atomic mass is 32.2. The zero-order valence-electron chi connectivity index (χ0n) is 19.6. The molecule has 0 aliphatic carbocycles. The Bertz CT molecular complexity index is 1420. The van der Waals surface area contributed by atoms with Gasteiger partial charge in [0, 0.05) is 49.7 Å². The van der Waals surface area contributed by atoms with Crippen LogP contribution >= 0.6 is 11.5 Å².